The minimum Gasteiger partial charge on any atom is -0.481 e. The Morgan fingerprint density at radius 3 is 1.70 bits per heavy atom. The van der Waals surface area contributed by atoms with Crippen LogP contribution >= 0.6 is 50.9 Å². The van der Waals surface area contributed by atoms with Gasteiger partial charge in [0, 0.05) is 12.3 Å². The highest BCUT2D eigenvalue weighted by molar-refractivity contribution is 8.93. The molecule has 13 nitrogen and oxygen atoms in total. The number of carboxylic acids is 2. The summed E-state index contributed by atoms with van der Waals surface area (Å²) in [5.74, 6) is -4.72. The molecule has 0 heterocycles. The molecule has 0 saturated carbocycles. The molecule has 0 aliphatic carbocycles. The van der Waals surface area contributed by atoms with Crippen molar-refractivity contribution in [2.45, 2.75) is 66.0 Å². The topological polar surface area (TPSA) is 217 Å². The van der Waals surface area contributed by atoms with E-state index >= 15 is 0 Å². The number of carbonyl (C=O) groups excluding carboxylic acids is 1. The maximum atomic E-state index is 12.5. The van der Waals surface area contributed by atoms with E-state index < -0.39 is 78.3 Å². The summed E-state index contributed by atoms with van der Waals surface area (Å²) in [6.45, 7) is 9.42. The Bertz CT molecular complexity index is 1030. The Kier molecular flexibility index (Phi) is 24.3. The lowest BCUT2D eigenvalue weighted by Crippen LogP contribution is -2.66. The average molecular weight is 820 g/mol. The van der Waals surface area contributed by atoms with Crippen LogP contribution in [0.25, 0.3) is 0 Å². The van der Waals surface area contributed by atoms with Gasteiger partial charge in [-0.2, -0.15) is 0 Å². The van der Waals surface area contributed by atoms with Gasteiger partial charge in [0.25, 0.3) is 0 Å². The van der Waals surface area contributed by atoms with Crippen molar-refractivity contribution < 1.29 is 50.6 Å². The molecule has 0 aliphatic heterocycles. The van der Waals surface area contributed by atoms with Gasteiger partial charge in [-0.05, 0) is 26.2 Å². The van der Waals surface area contributed by atoms with Gasteiger partial charge in [-0.3, -0.25) is 10.2 Å². The Balaban J connectivity index is -0.000000268. The molecular formula is C21H43Br3FN3O10S2. The zero-order valence-corrected chi connectivity index (χ0v) is 30.3. The summed E-state index contributed by atoms with van der Waals surface area (Å²) >= 11 is 0. The number of ether oxygens (including phenoxy) is 1. The van der Waals surface area contributed by atoms with E-state index in [9.17, 15) is 40.7 Å². The smallest absolute Gasteiger partial charge is 0.408 e. The number of amides is 1. The van der Waals surface area contributed by atoms with Crippen LogP contribution in [-0.2, 0) is 34.0 Å². The molecule has 0 rings (SSSR count). The van der Waals surface area contributed by atoms with Gasteiger partial charge in [0.05, 0.1) is 23.7 Å². The number of aliphatic carboxylic acids is 2. The van der Waals surface area contributed by atoms with Crippen LogP contribution in [0.15, 0.2) is 0 Å². The zero-order chi connectivity index (χ0) is 29.9. The minimum atomic E-state index is -3.99. The van der Waals surface area contributed by atoms with Gasteiger partial charge in [0.1, 0.15) is 18.1 Å². The van der Waals surface area contributed by atoms with E-state index in [0.29, 0.717) is 0 Å². The second kappa shape index (κ2) is 20.0. The van der Waals surface area contributed by atoms with Crippen LogP contribution in [0.2, 0.25) is 0 Å². The molecular weight excluding hydrogens is 777 g/mol. The third-order valence-electron chi connectivity index (χ3n) is 4.75. The summed E-state index contributed by atoms with van der Waals surface area (Å²) in [6, 6.07) is 0. The number of alkyl halides is 1. The maximum absolute atomic E-state index is 12.5. The summed E-state index contributed by atoms with van der Waals surface area (Å²) in [4.78, 5) is 34.1. The Hall–Kier alpha value is -1.05. The molecule has 0 aromatic carbocycles. The van der Waals surface area contributed by atoms with Crippen molar-refractivity contribution in [3.05, 3.63) is 0 Å². The molecule has 0 bridgehead atoms. The minimum absolute atomic E-state index is 0. The molecule has 0 aromatic heterocycles. The van der Waals surface area contributed by atoms with Gasteiger partial charge in [0.15, 0.2) is 25.2 Å². The van der Waals surface area contributed by atoms with E-state index in [-0.39, 0.29) is 75.4 Å². The molecule has 0 spiro atoms. The normalized spacial score (nSPS) is 12.8. The lowest BCUT2D eigenvalue weighted by atomic mass is 9.74. The second-order valence-electron chi connectivity index (χ2n) is 10.1. The molecule has 0 saturated heterocycles. The number of amidine groups is 1. The van der Waals surface area contributed by atoms with Crippen molar-refractivity contribution in [3.8, 4) is 0 Å². The van der Waals surface area contributed by atoms with Crippen LogP contribution in [0.1, 0.15) is 54.9 Å². The van der Waals surface area contributed by atoms with Crippen molar-refractivity contribution in [1.82, 2.24) is 10.6 Å². The van der Waals surface area contributed by atoms with E-state index in [0.717, 1.165) is 0 Å². The monoisotopic (exact) mass is 817 g/mol. The highest BCUT2D eigenvalue weighted by Gasteiger charge is 2.53. The van der Waals surface area contributed by atoms with E-state index in [1.165, 1.54) is 27.7 Å². The Morgan fingerprint density at radius 1 is 0.900 bits per heavy atom. The number of carboxylic acid groups (broad SMARTS) is 2. The Labute approximate surface area is 267 Å². The number of carbonyl (C=O) groups is 3. The number of hydrogen-bond donors (Lipinski definition) is 5. The van der Waals surface area contributed by atoms with E-state index in [1.807, 2.05) is 0 Å². The van der Waals surface area contributed by atoms with Crippen LogP contribution in [0, 0.1) is 10.8 Å². The molecule has 19 heteroatoms. The molecule has 1 atom stereocenters. The van der Waals surface area contributed by atoms with Crippen LogP contribution in [0.4, 0.5) is 9.18 Å². The number of halogens is 4. The predicted octanol–water partition coefficient (Wildman–Crippen LogP) is 2.96. The van der Waals surface area contributed by atoms with Gasteiger partial charge in [-0.1, -0.05) is 27.7 Å². The third kappa shape index (κ3) is 20.8. The fraction of sp³-hybridized carbons (Fsp3) is 0.810. The lowest BCUT2D eigenvalue weighted by Gasteiger charge is -2.41. The van der Waals surface area contributed by atoms with Crippen LogP contribution in [-0.4, -0.2) is 98.3 Å². The summed E-state index contributed by atoms with van der Waals surface area (Å²) in [7, 11) is -7.09. The SMILES string of the molecule is Br.Br.Br.CC(C)(C)OC(=O)NC(CS(=O)(=O)CCNC(=N)CF)(C(=O)O)C(C)(C)C.CCS(=O)(=O)CCC(=O)O. The fourth-order valence-corrected chi connectivity index (χ4v) is 5.17. The number of alkyl carbamates (subject to hydrolysis) is 1. The van der Waals surface area contributed by atoms with Crippen molar-refractivity contribution >= 4 is 94.5 Å². The second-order valence-corrected chi connectivity index (χ2v) is 14.8. The van der Waals surface area contributed by atoms with Gasteiger partial charge in [-0.25, -0.2) is 30.8 Å². The van der Waals surface area contributed by atoms with Gasteiger partial charge < -0.3 is 25.6 Å². The number of nitrogens with one attached hydrogen (secondary N) is 3. The summed E-state index contributed by atoms with van der Waals surface area (Å²) in [5, 5.41) is 29.5. The molecule has 1 amide bonds. The number of sulfone groups is 2. The quantitative estimate of drug-likeness (QED) is 0.143. The molecule has 0 aliphatic rings. The van der Waals surface area contributed by atoms with Crippen LogP contribution in [0.5, 0.6) is 0 Å². The zero-order valence-electron chi connectivity index (χ0n) is 23.5. The molecule has 0 radical (unpaired) electrons. The molecule has 0 fully saturated rings. The van der Waals surface area contributed by atoms with E-state index in [1.54, 1.807) is 20.8 Å². The van der Waals surface area contributed by atoms with Crippen LogP contribution in [0.3, 0.4) is 0 Å². The summed E-state index contributed by atoms with van der Waals surface area (Å²) in [5.41, 5.74) is -4.23. The first-order valence-corrected chi connectivity index (χ1v) is 14.8. The van der Waals surface area contributed by atoms with Gasteiger partial charge >= 0.3 is 18.0 Å². The van der Waals surface area contributed by atoms with Crippen molar-refractivity contribution in [3.63, 3.8) is 0 Å². The van der Waals surface area contributed by atoms with E-state index in [2.05, 4.69) is 10.6 Å². The standard InChI is InChI=1S/C16H30FN3O6S.C5H10O4S.3BrH/c1-14(2,3)16(12(21)22,20-13(23)26-15(4,5)6)10-27(24,25)8-7-19-11(18)9-17;1-2-10(8,9)4-3-5(6)7;;;/h7-10H2,1-6H3,(H2,18,19)(H,20,23)(H,21,22);2-4H2,1H3,(H,6,7);3*1H. The summed E-state index contributed by atoms with van der Waals surface area (Å²) in [6.07, 6.45) is -1.34. The molecule has 0 aromatic rings. The molecule has 1 unspecified atom stereocenters. The molecule has 242 valence electrons. The highest BCUT2D eigenvalue weighted by Crippen LogP contribution is 2.33. The average Bonchev–Trinajstić information content (AvgIpc) is 2.69. The maximum Gasteiger partial charge on any atom is 0.408 e. The fourth-order valence-electron chi connectivity index (χ4n) is 2.55. The molecule has 5 N–H and O–H groups in total. The van der Waals surface area contributed by atoms with Crippen molar-refractivity contribution in [2.24, 2.45) is 5.41 Å². The third-order valence-corrected chi connectivity index (χ3v) is 8.15. The first kappa shape index (κ1) is 48.7. The van der Waals surface area contributed by atoms with Crippen molar-refractivity contribution in [1.29, 1.82) is 5.41 Å². The van der Waals surface area contributed by atoms with E-state index in [4.69, 9.17) is 15.3 Å². The Morgan fingerprint density at radius 2 is 1.38 bits per heavy atom. The lowest BCUT2D eigenvalue weighted by molar-refractivity contribution is -0.148. The van der Waals surface area contributed by atoms with Gasteiger partial charge in [-0.15, -0.1) is 50.9 Å². The molecule has 40 heavy (non-hydrogen) atoms. The largest absolute Gasteiger partial charge is 0.481 e. The van der Waals surface area contributed by atoms with Crippen LogP contribution < -0.4 is 10.6 Å². The van der Waals surface area contributed by atoms with Crippen molar-refractivity contribution in [2.75, 3.05) is 36.2 Å². The van der Waals surface area contributed by atoms with Gasteiger partial charge in [0.2, 0.25) is 0 Å². The summed E-state index contributed by atoms with van der Waals surface area (Å²) < 4.78 is 63.6. The number of hydrogen-bond acceptors (Lipinski definition) is 9. The highest BCUT2D eigenvalue weighted by atomic mass is 79.9. The first-order valence-electron chi connectivity index (χ1n) is 11.2. The predicted molar refractivity (Wildman–Crippen MR) is 167 cm³/mol. The number of rotatable bonds is 12. The first-order chi connectivity index (χ1) is 16.4.